The van der Waals surface area contributed by atoms with Crippen molar-refractivity contribution in [2.24, 2.45) is 5.92 Å². The van der Waals surface area contributed by atoms with Crippen LogP contribution in [0.5, 0.6) is 0 Å². The third kappa shape index (κ3) is 5.67. The van der Waals surface area contributed by atoms with Gasteiger partial charge in [0.15, 0.2) is 0 Å². The Morgan fingerprint density at radius 1 is 1.37 bits per heavy atom. The van der Waals surface area contributed by atoms with Crippen LogP contribution in [0.4, 0.5) is 18.0 Å². The summed E-state index contributed by atoms with van der Waals surface area (Å²) >= 11 is 0. The van der Waals surface area contributed by atoms with Crippen LogP contribution in [-0.4, -0.2) is 47.1 Å². The van der Waals surface area contributed by atoms with Crippen molar-refractivity contribution in [2.45, 2.75) is 51.5 Å². The highest BCUT2D eigenvalue weighted by Crippen LogP contribution is 2.30. The van der Waals surface area contributed by atoms with Crippen LogP contribution in [0.3, 0.4) is 0 Å². The lowest BCUT2D eigenvalue weighted by molar-refractivity contribution is -0.158. The van der Waals surface area contributed by atoms with Crippen LogP contribution < -0.4 is 0 Å². The smallest absolute Gasteiger partial charge is 0.410 e. The van der Waals surface area contributed by atoms with E-state index in [9.17, 15) is 23.1 Å². The second-order valence-electron chi connectivity index (χ2n) is 5.86. The summed E-state index contributed by atoms with van der Waals surface area (Å²) in [5.74, 6) is -0.985. The lowest BCUT2D eigenvalue weighted by Crippen LogP contribution is -2.48. The summed E-state index contributed by atoms with van der Waals surface area (Å²) in [4.78, 5) is 13.0. The third-order valence-electron chi connectivity index (χ3n) is 2.84. The molecule has 1 aliphatic heterocycles. The molecular weight excluding hydrogens is 263 g/mol. The Hall–Kier alpha value is -0.980. The lowest BCUT2D eigenvalue weighted by atomic mass is 9.92. The minimum Gasteiger partial charge on any atom is -0.444 e. The molecule has 0 radical (unpaired) electrons. The normalized spacial score (nSPS) is 25.3. The Morgan fingerprint density at radius 2 is 1.95 bits per heavy atom. The van der Waals surface area contributed by atoms with E-state index in [1.54, 1.807) is 20.8 Å². The first kappa shape index (κ1) is 16.1. The van der Waals surface area contributed by atoms with E-state index in [0.717, 1.165) is 0 Å². The Morgan fingerprint density at radius 3 is 2.42 bits per heavy atom. The predicted molar refractivity (Wildman–Crippen MR) is 62.6 cm³/mol. The summed E-state index contributed by atoms with van der Waals surface area (Å²) in [7, 11) is 0. The zero-order valence-electron chi connectivity index (χ0n) is 11.3. The van der Waals surface area contributed by atoms with Crippen LogP contribution in [0, 0.1) is 5.92 Å². The summed E-state index contributed by atoms with van der Waals surface area (Å²) < 4.78 is 42.2. The van der Waals surface area contributed by atoms with Crippen LogP contribution in [0.25, 0.3) is 0 Å². The van der Waals surface area contributed by atoms with Crippen LogP contribution in [0.2, 0.25) is 0 Å². The van der Waals surface area contributed by atoms with Gasteiger partial charge in [-0.25, -0.2) is 4.79 Å². The molecule has 2 unspecified atom stereocenters. The van der Waals surface area contributed by atoms with E-state index in [4.69, 9.17) is 4.74 Å². The maximum absolute atomic E-state index is 12.4. The number of aliphatic hydroxyl groups is 1. The molecule has 19 heavy (non-hydrogen) atoms. The lowest BCUT2D eigenvalue weighted by Gasteiger charge is -2.37. The first-order valence-corrected chi connectivity index (χ1v) is 6.21. The quantitative estimate of drug-likeness (QED) is 0.804. The number of piperidine rings is 1. The minimum atomic E-state index is -4.34. The highest BCUT2D eigenvalue weighted by molar-refractivity contribution is 5.68. The zero-order chi connectivity index (χ0) is 14.8. The molecule has 1 aliphatic rings. The zero-order valence-corrected chi connectivity index (χ0v) is 11.3. The number of hydrogen-bond donors (Lipinski definition) is 1. The highest BCUT2D eigenvalue weighted by Gasteiger charge is 2.39. The fourth-order valence-electron chi connectivity index (χ4n) is 2.01. The maximum atomic E-state index is 12.4. The number of likely N-dealkylation sites (tertiary alicyclic amines) is 1. The second-order valence-corrected chi connectivity index (χ2v) is 5.86. The van der Waals surface area contributed by atoms with Gasteiger partial charge >= 0.3 is 12.3 Å². The minimum absolute atomic E-state index is 0.129. The molecule has 0 spiro atoms. The summed E-state index contributed by atoms with van der Waals surface area (Å²) in [6, 6.07) is 0. The molecule has 0 bridgehead atoms. The average molecular weight is 283 g/mol. The first-order valence-electron chi connectivity index (χ1n) is 6.21. The van der Waals surface area contributed by atoms with Gasteiger partial charge in [0.25, 0.3) is 0 Å². The third-order valence-corrected chi connectivity index (χ3v) is 2.84. The van der Waals surface area contributed by atoms with E-state index in [1.165, 1.54) is 4.90 Å². The molecular formula is C12H20F3NO3. The number of aliphatic hydroxyl groups excluding tert-OH is 1. The van der Waals surface area contributed by atoms with Crippen molar-refractivity contribution in [1.29, 1.82) is 0 Å². The van der Waals surface area contributed by atoms with Gasteiger partial charge in [-0.05, 0) is 27.2 Å². The molecule has 1 N–H and O–H groups in total. The SMILES string of the molecule is CC(C)(C)OC(=O)N1CCC(O)C(CC(F)(F)F)C1. The molecule has 0 aromatic carbocycles. The molecule has 0 aromatic heterocycles. The summed E-state index contributed by atoms with van der Waals surface area (Å²) in [5.41, 5.74) is -0.688. The largest absolute Gasteiger partial charge is 0.444 e. The molecule has 1 rings (SSSR count). The monoisotopic (exact) mass is 283 g/mol. The van der Waals surface area contributed by atoms with Gasteiger partial charge in [-0.15, -0.1) is 0 Å². The molecule has 1 fully saturated rings. The van der Waals surface area contributed by atoms with Crippen molar-refractivity contribution in [3.8, 4) is 0 Å². The van der Waals surface area contributed by atoms with Crippen LogP contribution >= 0.6 is 0 Å². The second kappa shape index (κ2) is 5.56. The van der Waals surface area contributed by atoms with Gasteiger partial charge in [-0.3, -0.25) is 0 Å². The Labute approximate surface area is 110 Å². The molecule has 112 valence electrons. The van der Waals surface area contributed by atoms with Gasteiger partial charge in [0.2, 0.25) is 0 Å². The molecule has 1 saturated heterocycles. The summed E-state index contributed by atoms with van der Waals surface area (Å²) in [5, 5.41) is 9.59. The van der Waals surface area contributed by atoms with Crippen molar-refractivity contribution in [3.63, 3.8) is 0 Å². The molecule has 7 heteroatoms. The van der Waals surface area contributed by atoms with Gasteiger partial charge in [-0.1, -0.05) is 0 Å². The van der Waals surface area contributed by atoms with Gasteiger partial charge in [0, 0.05) is 19.0 Å². The molecule has 4 nitrogen and oxygen atoms in total. The Bertz CT molecular complexity index is 325. The van der Waals surface area contributed by atoms with Crippen molar-refractivity contribution in [3.05, 3.63) is 0 Å². The average Bonchev–Trinajstić information content (AvgIpc) is 2.16. The molecule has 0 aromatic rings. The summed E-state index contributed by atoms with van der Waals surface area (Å²) in [6.45, 7) is 5.16. The van der Waals surface area contributed by atoms with E-state index in [-0.39, 0.29) is 19.5 Å². The van der Waals surface area contributed by atoms with Crippen molar-refractivity contribution >= 4 is 6.09 Å². The number of hydrogen-bond acceptors (Lipinski definition) is 3. The van der Waals surface area contributed by atoms with E-state index in [2.05, 4.69) is 0 Å². The highest BCUT2D eigenvalue weighted by atomic mass is 19.4. The molecule has 2 atom stereocenters. The summed E-state index contributed by atoms with van der Waals surface area (Å²) in [6.07, 6.45) is -6.96. The number of carbonyl (C=O) groups is 1. The standard InChI is InChI=1S/C12H20F3NO3/c1-11(2,3)19-10(18)16-5-4-9(17)8(7-16)6-12(13,14)15/h8-9,17H,4-7H2,1-3H3. The number of halogens is 3. The van der Waals surface area contributed by atoms with Gasteiger partial charge in [-0.2, -0.15) is 13.2 Å². The maximum Gasteiger partial charge on any atom is 0.410 e. The molecule has 1 amide bonds. The van der Waals surface area contributed by atoms with E-state index in [1.807, 2.05) is 0 Å². The van der Waals surface area contributed by atoms with Crippen molar-refractivity contribution < 1.29 is 27.8 Å². The number of alkyl halides is 3. The number of rotatable bonds is 1. The fraction of sp³-hybridized carbons (Fsp3) is 0.917. The molecule has 0 saturated carbocycles. The van der Waals surface area contributed by atoms with Crippen LogP contribution in [0.15, 0.2) is 0 Å². The van der Waals surface area contributed by atoms with E-state index < -0.39 is 36.3 Å². The van der Waals surface area contributed by atoms with Gasteiger partial charge < -0.3 is 14.7 Å². The Balaban J connectivity index is 2.61. The topological polar surface area (TPSA) is 49.8 Å². The van der Waals surface area contributed by atoms with Crippen molar-refractivity contribution in [2.75, 3.05) is 13.1 Å². The fourth-order valence-corrected chi connectivity index (χ4v) is 2.01. The number of amides is 1. The van der Waals surface area contributed by atoms with Crippen molar-refractivity contribution in [1.82, 2.24) is 4.90 Å². The van der Waals surface area contributed by atoms with Gasteiger partial charge in [0.1, 0.15) is 5.60 Å². The van der Waals surface area contributed by atoms with Crippen LogP contribution in [-0.2, 0) is 4.74 Å². The number of ether oxygens (including phenoxy) is 1. The first-order chi connectivity index (χ1) is 8.48. The van der Waals surface area contributed by atoms with Crippen LogP contribution in [0.1, 0.15) is 33.6 Å². The van der Waals surface area contributed by atoms with E-state index in [0.29, 0.717) is 0 Å². The number of carbonyl (C=O) groups excluding carboxylic acids is 1. The predicted octanol–water partition coefficient (Wildman–Crippen LogP) is 2.56. The number of nitrogens with zero attached hydrogens (tertiary/aromatic N) is 1. The molecule has 0 aliphatic carbocycles. The van der Waals surface area contributed by atoms with E-state index >= 15 is 0 Å². The molecule has 1 heterocycles. The van der Waals surface area contributed by atoms with Gasteiger partial charge in [0.05, 0.1) is 12.5 Å². The Kier molecular flexibility index (Phi) is 4.71.